The molecule has 2 rings (SSSR count). The molecular formula is C11H18O3. The Morgan fingerprint density at radius 1 is 1.21 bits per heavy atom. The highest BCUT2D eigenvalue weighted by atomic mass is 16.5. The van der Waals surface area contributed by atoms with E-state index in [-0.39, 0.29) is 11.4 Å². The summed E-state index contributed by atoms with van der Waals surface area (Å²) in [4.78, 5) is 11.7. The fraction of sp³-hybridized carbons (Fsp3) is 0.909. The Balaban J connectivity index is 2.44. The van der Waals surface area contributed by atoms with Gasteiger partial charge in [0, 0.05) is 6.42 Å². The van der Waals surface area contributed by atoms with Crippen molar-refractivity contribution in [1.82, 2.24) is 0 Å². The minimum atomic E-state index is -0.937. The molecule has 0 aromatic heterocycles. The van der Waals surface area contributed by atoms with Gasteiger partial charge < -0.3 is 9.84 Å². The van der Waals surface area contributed by atoms with E-state index in [0.717, 1.165) is 12.8 Å². The van der Waals surface area contributed by atoms with Crippen LogP contribution in [0.3, 0.4) is 0 Å². The summed E-state index contributed by atoms with van der Waals surface area (Å²) in [5, 5.41) is 10.5. The van der Waals surface area contributed by atoms with Crippen LogP contribution in [-0.2, 0) is 9.53 Å². The Hall–Kier alpha value is -0.570. The molecular weight excluding hydrogens is 180 g/mol. The summed E-state index contributed by atoms with van der Waals surface area (Å²) >= 11 is 0. The summed E-state index contributed by atoms with van der Waals surface area (Å²) in [5.41, 5.74) is -1.76. The van der Waals surface area contributed by atoms with E-state index in [1.165, 1.54) is 0 Å². The van der Waals surface area contributed by atoms with Crippen LogP contribution in [-0.4, -0.2) is 23.3 Å². The van der Waals surface area contributed by atoms with E-state index < -0.39 is 11.0 Å². The lowest BCUT2D eigenvalue weighted by molar-refractivity contribution is -0.164. The zero-order valence-corrected chi connectivity index (χ0v) is 9.09. The van der Waals surface area contributed by atoms with Crippen LogP contribution in [0.2, 0.25) is 0 Å². The fourth-order valence-corrected chi connectivity index (χ4v) is 2.89. The molecule has 3 nitrogen and oxygen atoms in total. The second kappa shape index (κ2) is 2.51. The number of aliphatic hydroxyl groups is 1. The van der Waals surface area contributed by atoms with Crippen LogP contribution in [0.15, 0.2) is 0 Å². The van der Waals surface area contributed by atoms with E-state index in [4.69, 9.17) is 4.74 Å². The van der Waals surface area contributed by atoms with Gasteiger partial charge in [-0.1, -0.05) is 13.8 Å². The van der Waals surface area contributed by atoms with Gasteiger partial charge in [0.1, 0.15) is 5.41 Å². The highest BCUT2D eigenvalue weighted by molar-refractivity contribution is 5.81. The van der Waals surface area contributed by atoms with Gasteiger partial charge in [-0.3, -0.25) is 4.79 Å². The quantitative estimate of drug-likeness (QED) is 0.600. The SMILES string of the molecule is CC1(C)CC[C@@]2(CCOC2=O)[C@]1(C)O. The number of hydrogen-bond donors (Lipinski definition) is 1. The van der Waals surface area contributed by atoms with Crippen molar-refractivity contribution in [2.45, 2.75) is 45.6 Å². The van der Waals surface area contributed by atoms with Crippen LogP contribution >= 0.6 is 0 Å². The summed E-state index contributed by atoms with van der Waals surface area (Å²) in [7, 11) is 0. The summed E-state index contributed by atoms with van der Waals surface area (Å²) in [6, 6.07) is 0. The number of ether oxygens (including phenoxy) is 1. The lowest BCUT2D eigenvalue weighted by Crippen LogP contribution is -2.51. The largest absolute Gasteiger partial charge is 0.465 e. The normalized spacial score (nSPS) is 45.9. The van der Waals surface area contributed by atoms with Gasteiger partial charge >= 0.3 is 5.97 Å². The predicted molar refractivity (Wildman–Crippen MR) is 51.6 cm³/mol. The van der Waals surface area contributed by atoms with Gasteiger partial charge in [0.25, 0.3) is 0 Å². The monoisotopic (exact) mass is 198 g/mol. The number of hydrogen-bond acceptors (Lipinski definition) is 3. The number of carbonyl (C=O) groups excluding carboxylic acids is 1. The minimum Gasteiger partial charge on any atom is -0.465 e. The molecule has 0 aromatic rings. The molecule has 1 saturated heterocycles. The van der Waals surface area contributed by atoms with Gasteiger partial charge in [-0.05, 0) is 25.2 Å². The zero-order valence-electron chi connectivity index (χ0n) is 9.09. The van der Waals surface area contributed by atoms with Crippen molar-refractivity contribution in [1.29, 1.82) is 0 Å². The van der Waals surface area contributed by atoms with E-state index in [2.05, 4.69) is 0 Å². The molecule has 0 amide bonds. The smallest absolute Gasteiger partial charge is 0.315 e. The molecule has 1 aliphatic heterocycles. The Morgan fingerprint density at radius 3 is 2.21 bits per heavy atom. The molecule has 0 bridgehead atoms. The molecule has 1 heterocycles. The van der Waals surface area contributed by atoms with E-state index >= 15 is 0 Å². The highest BCUT2D eigenvalue weighted by Gasteiger charge is 2.66. The maximum absolute atomic E-state index is 11.7. The molecule has 14 heavy (non-hydrogen) atoms. The maximum Gasteiger partial charge on any atom is 0.315 e. The molecule has 0 aromatic carbocycles. The van der Waals surface area contributed by atoms with Crippen LogP contribution in [0.25, 0.3) is 0 Å². The summed E-state index contributed by atoms with van der Waals surface area (Å²) < 4.78 is 5.02. The second-order valence-electron chi connectivity index (χ2n) is 5.42. The number of cyclic esters (lactones) is 1. The third-order valence-electron chi connectivity index (χ3n) is 4.58. The van der Waals surface area contributed by atoms with Crippen molar-refractivity contribution in [2.24, 2.45) is 10.8 Å². The minimum absolute atomic E-state index is 0.198. The number of carbonyl (C=O) groups is 1. The van der Waals surface area contributed by atoms with Crippen LogP contribution in [0, 0.1) is 10.8 Å². The van der Waals surface area contributed by atoms with Crippen LogP contribution < -0.4 is 0 Å². The lowest BCUT2D eigenvalue weighted by Gasteiger charge is -2.41. The fourth-order valence-electron chi connectivity index (χ4n) is 2.89. The molecule has 2 fully saturated rings. The average molecular weight is 198 g/mol. The molecule has 1 spiro atoms. The van der Waals surface area contributed by atoms with Crippen LogP contribution in [0.4, 0.5) is 0 Å². The standard InChI is InChI=1S/C11H18O3/c1-9(2)4-5-11(10(9,3)13)6-7-14-8(11)12/h13H,4-7H2,1-3H3/t10-,11+/m1/s1. The maximum atomic E-state index is 11.7. The Bertz CT molecular complexity index is 280. The van der Waals surface area contributed by atoms with Gasteiger partial charge in [-0.2, -0.15) is 0 Å². The van der Waals surface area contributed by atoms with Gasteiger partial charge in [-0.25, -0.2) is 0 Å². The first-order valence-corrected chi connectivity index (χ1v) is 5.23. The third kappa shape index (κ3) is 0.888. The van der Waals surface area contributed by atoms with Crippen molar-refractivity contribution in [2.75, 3.05) is 6.61 Å². The van der Waals surface area contributed by atoms with E-state index in [1.807, 2.05) is 13.8 Å². The van der Waals surface area contributed by atoms with Gasteiger partial charge in [0.2, 0.25) is 0 Å². The Morgan fingerprint density at radius 2 is 1.86 bits per heavy atom. The van der Waals surface area contributed by atoms with Crippen molar-refractivity contribution in [3.63, 3.8) is 0 Å². The van der Waals surface area contributed by atoms with Crippen molar-refractivity contribution >= 4 is 5.97 Å². The molecule has 1 N–H and O–H groups in total. The molecule has 80 valence electrons. The summed E-state index contributed by atoms with van der Waals surface area (Å²) in [6.45, 7) is 6.29. The van der Waals surface area contributed by atoms with Gasteiger partial charge in [-0.15, -0.1) is 0 Å². The number of rotatable bonds is 0. The Labute approximate surface area is 84.4 Å². The summed E-state index contributed by atoms with van der Waals surface area (Å²) in [6.07, 6.45) is 2.31. The molecule has 1 aliphatic carbocycles. The Kier molecular flexibility index (Phi) is 1.79. The molecule has 2 atom stereocenters. The van der Waals surface area contributed by atoms with Crippen LogP contribution in [0.1, 0.15) is 40.0 Å². The summed E-state index contributed by atoms with van der Waals surface area (Å²) in [5.74, 6) is -0.201. The van der Waals surface area contributed by atoms with Crippen LogP contribution in [0.5, 0.6) is 0 Å². The molecule has 2 aliphatic rings. The first kappa shape index (κ1) is 9.97. The first-order valence-electron chi connectivity index (χ1n) is 5.23. The van der Waals surface area contributed by atoms with Crippen molar-refractivity contribution in [3.8, 4) is 0 Å². The van der Waals surface area contributed by atoms with E-state index in [9.17, 15) is 9.90 Å². The zero-order chi connectivity index (χ0) is 10.6. The van der Waals surface area contributed by atoms with E-state index in [0.29, 0.717) is 13.0 Å². The topological polar surface area (TPSA) is 46.5 Å². The first-order chi connectivity index (χ1) is 6.33. The van der Waals surface area contributed by atoms with Crippen molar-refractivity contribution in [3.05, 3.63) is 0 Å². The van der Waals surface area contributed by atoms with Gasteiger partial charge in [0.05, 0.1) is 12.2 Å². The van der Waals surface area contributed by atoms with E-state index in [1.54, 1.807) is 6.92 Å². The second-order valence-corrected chi connectivity index (χ2v) is 5.42. The molecule has 0 unspecified atom stereocenters. The molecule has 3 heteroatoms. The highest BCUT2D eigenvalue weighted by Crippen LogP contribution is 2.60. The van der Waals surface area contributed by atoms with Gasteiger partial charge in [0.15, 0.2) is 0 Å². The predicted octanol–water partition coefficient (Wildman–Crippen LogP) is 1.49. The average Bonchev–Trinajstić information content (AvgIpc) is 2.51. The third-order valence-corrected chi connectivity index (χ3v) is 4.58. The molecule has 1 saturated carbocycles. The lowest BCUT2D eigenvalue weighted by atomic mass is 9.66. The number of esters is 1. The van der Waals surface area contributed by atoms with Crippen molar-refractivity contribution < 1.29 is 14.6 Å². The molecule has 0 radical (unpaired) electrons.